The minimum Gasteiger partial charge on any atom is -0.0807 e. The van der Waals surface area contributed by atoms with Crippen LogP contribution in [0.4, 0.5) is 0 Å². The van der Waals surface area contributed by atoms with E-state index in [-0.39, 0.29) is 0 Å². The average Bonchev–Trinajstić information content (AvgIpc) is 2.84. The SMILES string of the molecule is CC1C=Cc2c(c(C/C=C\C=C/c3ccccc3)c3ccccc3c2-c2ccccc2)C1. The van der Waals surface area contributed by atoms with Crippen molar-refractivity contribution in [1.82, 2.24) is 0 Å². The molecule has 4 aromatic carbocycles. The van der Waals surface area contributed by atoms with E-state index >= 15 is 0 Å². The Hall–Kier alpha value is -3.64. The number of allylic oxidation sites excluding steroid dienone is 4. The first-order valence-corrected chi connectivity index (χ1v) is 11.5. The summed E-state index contributed by atoms with van der Waals surface area (Å²) in [6.07, 6.45) is 15.6. The standard InChI is InChI=1S/C32H28/c1-24-21-22-30-31(23-24)28(18-10-3-7-15-25-13-5-2-6-14-25)27-19-11-12-20-29(27)32(30)26-16-8-4-9-17-26/h2-17,19-22,24H,18,23H2,1H3/b10-3-,15-7-. The molecule has 0 spiro atoms. The van der Waals surface area contributed by atoms with Crippen LogP contribution in [0.5, 0.6) is 0 Å². The molecule has 1 unspecified atom stereocenters. The summed E-state index contributed by atoms with van der Waals surface area (Å²) < 4.78 is 0. The summed E-state index contributed by atoms with van der Waals surface area (Å²) in [5, 5.41) is 2.73. The summed E-state index contributed by atoms with van der Waals surface area (Å²) in [4.78, 5) is 0. The molecular weight excluding hydrogens is 384 g/mol. The van der Waals surface area contributed by atoms with Crippen LogP contribution in [0, 0.1) is 5.92 Å². The maximum atomic E-state index is 2.37. The van der Waals surface area contributed by atoms with E-state index in [0.29, 0.717) is 5.92 Å². The van der Waals surface area contributed by atoms with Crippen LogP contribution < -0.4 is 0 Å². The lowest BCUT2D eigenvalue weighted by molar-refractivity contribution is 0.713. The Morgan fingerprint density at radius 2 is 1.47 bits per heavy atom. The van der Waals surface area contributed by atoms with Crippen molar-refractivity contribution in [1.29, 1.82) is 0 Å². The Balaban J connectivity index is 1.59. The quantitative estimate of drug-likeness (QED) is 0.288. The van der Waals surface area contributed by atoms with Gasteiger partial charge in [-0.2, -0.15) is 0 Å². The Kier molecular flexibility index (Phi) is 5.85. The highest BCUT2D eigenvalue weighted by Gasteiger charge is 2.21. The predicted molar refractivity (Wildman–Crippen MR) is 140 cm³/mol. The van der Waals surface area contributed by atoms with E-state index in [1.54, 1.807) is 0 Å². The van der Waals surface area contributed by atoms with Gasteiger partial charge in [0.25, 0.3) is 0 Å². The molecule has 0 heteroatoms. The predicted octanol–water partition coefficient (Wildman–Crippen LogP) is 8.52. The summed E-state index contributed by atoms with van der Waals surface area (Å²) in [5.74, 6) is 0.563. The van der Waals surface area contributed by atoms with Crippen molar-refractivity contribution in [3.8, 4) is 11.1 Å². The maximum Gasteiger partial charge on any atom is -0.00300 e. The fraction of sp³-hybridized carbons (Fsp3) is 0.125. The van der Waals surface area contributed by atoms with Crippen LogP contribution in [0.15, 0.2) is 109 Å². The Bertz CT molecular complexity index is 1300. The van der Waals surface area contributed by atoms with Gasteiger partial charge in [-0.25, -0.2) is 0 Å². The summed E-state index contributed by atoms with van der Waals surface area (Å²) in [6.45, 7) is 2.32. The van der Waals surface area contributed by atoms with E-state index in [1.165, 1.54) is 44.2 Å². The highest BCUT2D eigenvalue weighted by Crippen LogP contribution is 2.41. The minimum absolute atomic E-state index is 0.563. The molecule has 4 aromatic rings. The average molecular weight is 413 g/mol. The van der Waals surface area contributed by atoms with Crippen LogP contribution in [0.2, 0.25) is 0 Å². The van der Waals surface area contributed by atoms with Gasteiger partial charge in [0.15, 0.2) is 0 Å². The highest BCUT2D eigenvalue weighted by atomic mass is 14.2. The molecule has 0 saturated carbocycles. The summed E-state index contributed by atoms with van der Waals surface area (Å²) in [6, 6.07) is 30.2. The number of rotatable bonds is 5. The third-order valence-electron chi connectivity index (χ3n) is 6.32. The van der Waals surface area contributed by atoms with Crippen molar-refractivity contribution in [2.24, 2.45) is 5.92 Å². The van der Waals surface area contributed by atoms with Gasteiger partial charge in [0.2, 0.25) is 0 Å². The van der Waals surface area contributed by atoms with Gasteiger partial charge >= 0.3 is 0 Å². The second-order valence-electron chi connectivity index (χ2n) is 8.60. The second-order valence-corrected chi connectivity index (χ2v) is 8.60. The zero-order valence-electron chi connectivity index (χ0n) is 18.5. The lowest BCUT2D eigenvalue weighted by Gasteiger charge is -2.25. The minimum atomic E-state index is 0.563. The smallest absolute Gasteiger partial charge is 0.00300 e. The third kappa shape index (κ3) is 4.09. The molecular formula is C32H28. The van der Waals surface area contributed by atoms with E-state index in [2.05, 4.69) is 128 Å². The van der Waals surface area contributed by atoms with Crippen LogP contribution >= 0.6 is 0 Å². The van der Waals surface area contributed by atoms with Crippen molar-refractivity contribution in [3.63, 3.8) is 0 Å². The molecule has 1 aliphatic rings. The van der Waals surface area contributed by atoms with Crippen LogP contribution in [-0.2, 0) is 12.8 Å². The number of fused-ring (bicyclic) bond motifs is 2. The van der Waals surface area contributed by atoms with Gasteiger partial charge in [-0.05, 0) is 62.9 Å². The summed E-state index contributed by atoms with van der Waals surface area (Å²) >= 11 is 0. The molecule has 0 bridgehead atoms. The van der Waals surface area contributed by atoms with E-state index in [4.69, 9.17) is 0 Å². The molecule has 0 saturated heterocycles. The number of hydrogen-bond acceptors (Lipinski definition) is 0. The molecule has 5 rings (SSSR count). The summed E-state index contributed by atoms with van der Waals surface area (Å²) in [7, 11) is 0. The molecule has 0 radical (unpaired) electrons. The largest absolute Gasteiger partial charge is 0.0807 e. The van der Waals surface area contributed by atoms with Crippen molar-refractivity contribution < 1.29 is 0 Å². The van der Waals surface area contributed by atoms with Crippen LogP contribution in [0.25, 0.3) is 34.1 Å². The Morgan fingerprint density at radius 1 is 0.781 bits per heavy atom. The van der Waals surface area contributed by atoms with Gasteiger partial charge in [-0.1, -0.05) is 128 Å². The topological polar surface area (TPSA) is 0 Å². The fourth-order valence-corrected chi connectivity index (χ4v) is 4.80. The zero-order chi connectivity index (χ0) is 21.8. The van der Waals surface area contributed by atoms with Gasteiger partial charge < -0.3 is 0 Å². The molecule has 32 heavy (non-hydrogen) atoms. The molecule has 0 amide bonds. The fourth-order valence-electron chi connectivity index (χ4n) is 4.80. The molecule has 1 aliphatic carbocycles. The van der Waals surface area contributed by atoms with Gasteiger partial charge in [-0.3, -0.25) is 0 Å². The molecule has 0 nitrogen and oxygen atoms in total. The van der Waals surface area contributed by atoms with Crippen molar-refractivity contribution in [2.75, 3.05) is 0 Å². The van der Waals surface area contributed by atoms with Gasteiger partial charge in [0, 0.05) is 0 Å². The first kappa shape index (κ1) is 20.3. The third-order valence-corrected chi connectivity index (χ3v) is 6.32. The Labute approximate surface area is 191 Å². The van der Waals surface area contributed by atoms with Gasteiger partial charge in [0.1, 0.15) is 0 Å². The lowest BCUT2D eigenvalue weighted by atomic mass is 9.79. The Morgan fingerprint density at radius 3 is 2.25 bits per heavy atom. The first-order chi connectivity index (χ1) is 15.8. The number of benzene rings is 4. The van der Waals surface area contributed by atoms with E-state index < -0.39 is 0 Å². The maximum absolute atomic E-state index is 2.37. The van der Waals surface area contributed by atoms with Crippen molar-refractivity contribution in [3.05, 3.63) is 131 Å². The van der Waals surface area contributed by atoms with Crippen LogP contribution in [0.1, 0.15) is 29.2 Å². The van der Waals surface area contributed by atoms with Gasteiger partial charge in [0.05, 0.1) is 0 Å². The van der Waals surface area contributed by atoms with Crippen molar-refractivity contribution in [2.45, 2.75) is 19.8 Å². The molecule has 0 N–H and O–H groups in total. The van der Waals surface area contributed by atoms with Crippen LogP contribution in [0.3, 0.4) is 0 Å². The van der Waals surface area contributed by atoms with Crippen molar-refractivity contribution >= 4 is 22.9 Å². The van der Waals surface area contributed by atoms with Crippen LogP contribution in [-0.4, -0.2) is 0 Å². The zero-order valence-corrected chi connectivity index (χ0v) is 18.5. The summed E-state index contributed by atoms with van der Waals surface area (Å²) in [5.41, 5.74) is 8.27. The van der Waals surface area contributed by atoms with Gasteiger partial charge in [-0.15, -0.1) is 0 Å². The number of hydrogen-bond donors (Lipinski definition) is 0. The molecule has 1 atom stereocenters. The van der Waals surface area contributed by atoms with E-state index in [1.807, 2.05) is 0 Å². The second kappa shape index (κ2) is 9.24. The molecule has 0 heterocycles. The van der Waals surface area contributed by atoms with E-state index in [0.717, 1.165) is 12.8 Å². The van der Waals surface area contributed by atoms with E-state index in [9.17, 15) is 0 Å². The lowest BCUT2D eigenvalue weighted by Crippen LogP contribution is -2.09. The molecule has 0 fully saturated rings. The normalized spacial score (nSPS) is 15.6. The molecule has 156 valence electrons. The highest BCUT2D eigenvalue weighted by molar-refractivity contribution is 6.04. The first-order valence-electron chi connectivity index (χ1n) is 11.5. The molecule has 0 aliphatic heterocycles. The molecule has 0 aromatic heterocycles. The monoisotopic (exact) mass is 412 g/mol.